The lowest BCUT2D eigenvalue weighted by atomic mass is 9.86. The van der Waals surface area contributed by atoms with E-state index >= 15 is 0 Å². The standard InChI is InChI=1S/C22H25N5O2/c1-22(2,3)14-7-5-13(6-8-14)19-25-20(23)26-21-24-15-11-17-18(12-16(15)27(19)21)29-10-4-9-28-17/h5-8,11-12,19H,4,9-10H2,1-3H3,(H3,23,24,25,26). The first kappa shape index (κ1) is 17.8. The highest BCUT2D eigenvalue weighted by Crippen LogP contribution is 2.39. The lowest BCUT2D eigenvalue weighted by Crippen LogP contribution is -2.31. The number of fused-ring (bicyclic) bond motifs is 4. The Morgan fingerprint density at radius 1 is 1.07 bits per heavy atom. The van der Waals surface area contributed by atoms with Gasteiger partial charge in [-0.15, -0.1) is 0 Å². The topological polar surface area (TPSA) is 86.7 Å². The van der Waals surface area contributed by atoms with Gasteiger partial charge >= 0.3 is 0 Å². The summed E-state index contributed by atoms with van der Waals surface area (Å²) in [7, 11) is 0. The van der Waals surface area contributed by atoms with Gasteiger partial charge in [-0.05, 0) is 16.5 Å². The van der Waals surface area contributed by atoms with E-state index in [1.165, 1.54) is 5.56 Å². The molecule has 0 saturated carbocycles. The van der Waals surface area contributed by atoms with Crippen LogP contribution in [-0.4, -0.2) is 28.7 Å². The van der Waals surface area contributed by atoms with E-state index in [1.807, 2.05) is 12.1 Å². The zero-order valence-electron chi connectivity index (χ0n) is 16.9. The van der Waals surface area contributed by atoms with Crippen LogP contribution in [0.25, 0.3) is 11.0 Å². The Morgan fingerprint density at radius 3 is 2.45 bits per heavy atom. The first-order valence-corrected chi connectivity index (χ1v) is 9.92. The van der Waals surface area contributed by atoms with E-state index in [-0.39, 0.29) is 11.6 Å². The van der Waals surface area contributed by atoms with Gasteiger partial charge in [-0.1, -0.05) is 45.0 Å². The van der Waals surface area contributed by atoms with Crippen molar-refractivity contribution in [2.75, 3.05) is 18.5 Å². The van der Waals surface area contributed by atoms with Gasteiger partial charge in [0, 0.05) is 18.6 Å². The maximum Gasteiger partial charge on any atom is 0.212 e. The summed E-state index contributed by atoms with van der Waals surface area (Å²) in [6, 6.07) is 12.5. The second kappa shape index (κ2) is 6.40. The maximum absolute atomic E-state index is 6.08. The molecule has 29 heavy (non-hydrogen) atoms. The highest BCUT2D eigenvalue weighted by atomic mass is 16.5. The third-order valence-corrected chi connectivity index (χ3v) is 5.38. The fourth-order valence-corrected chi connectivity index (χ4v) is 3.80. The minimum atomic E-state index is -0.296. The Balaban J connectivity index is 1.64. The Morgan fingerprint density at radius 2 is 1.76 bits per heavy atom. The van der Waals surface area contributed by atoms with Crippen molar-refractivity contribution in [1.29, 1.82) is 0 Å². The maximum atomic E-state index is 6.08. The lowest BCUT2D eigenvalue weighted by Gasteiger charge is -2.25. The Kier molecular flexibility index (Phi) is 3.94. The Hall–Kier alpha value is -3.22. The van der Waals surface area contributed by atoms with E-state index in [0.29, 0.717) is 25.1 Å². The van der Waals surface area contributed by atoms with E-state index in [1.54, 1.807) is 0 Å². The molecule has 0 fully saturated rings. The molecule has 7 heteroatoms. The minimum absolute atomic E-state index is 0.0940. The van der Waals surface area contributed by atoms with Gasteiger partial charge in [0.2, 0.25) is 5.95 Å². The van der Waals surface area contributed by atoms with Gasteiger partial charge in [0.05, 0.1) is 24.2 Å². The summed E-state index contributed by atoms with van der Waals surface area (Å²) in [6.45, 7) is 7.90. The fraction of sp³-hybridized carbons (Fsp3) is 0.364. The number of hydrogen-bond acceptors (Lipinski definition) is 6. The van der Waals surface area contributed by atoms with Gasteiger partial charge in [-0.25, -0.2) is 9.98 Å². The second-order valence-electron chi connectivity index (χ2n) is 8.53. The van der Waals surface area contributed by atoms with Crippen LogP contribution < -0.4 is 20.5 Å². The van der Waals surface area contributed by atoms with Crippen molar-refractivity contribution in [2.45, 2.75) is 38.8 Å². The molecule has 0 spiro atoms. The molecule has 5 rings (SSSR count). The number of imidazole rings is 1. The number of aliphatic imine (C=N–C) groups is 1. The first-order valence-electron chi connectivity index (χ1n) is 9.92. The van der Waals surface area contributed by atoms with Crippen LogP contribution >= 0.6 is 0 Å². The van der Waals surface area contributed by atoms with Crippen molar-refractivity contribution in [3.63, 3.8) is 0 Å². The van der Waals surface area contributed by atoms with Crippen molar-refractivity contribution in [3.8, 4) is 11.5 Å². The summed E-state index contributed by atoms with van der Waals surface area (Å²) >= 11 is 0. The van der Waals surface area contributed by atoms with Gasteiger partial charge < -0.3 is 15.2 Å². The molecule has 2 aliphatic heterocycles. The largest absolute Gasteiger partial charge is 0.489 e. The molecule has 3 aromatic rings. The van der Waals surface area contributed by atoms with E-state index in [9.17, 15) is 0 Å². The van der Waals surface area contributed by atoms with Crippen molar-refractivity contribution in [2.24, 2.45) is 10.7 Å². The molecule has 1 atom stereocenters. The van der Waals surface area contributed by atoms with Crippen LogP contribution in [0.3, 0.4) is 0 Å². The summed E-state index contributed by atoms with van der Waals surface area (Å²) in [5, 5.41) is 3.09. The average Bonchev–Trinajstić information content (AvgIpc) is 2.86. The monoisotopic (exact) mass is 391 g/mol. The first-order chi connectivity index (χ1) is 13.9. The molecule has 3 heterocycles. The van der Waals surface area contributed by atoms with Crippen molar-refractivity contribution >= 4 is 22.9 Å². The molecule has 2 aromatic carbocycles. The Bertz CT molecular complexity index is 1110. The summed E-state index contributed by atoms with van der Waals surface area (Å²) in [6.07, 6.45) is 0.568. The van der Waals surface area contributed by atoms with Crippen molar-refractivity contribution < 1.29 is 9.47 Å². The number of nitrogens with two attached hydrogens (primary N) is 1. The molecule has 3 N–H and O–H groups in total. The van der Waals surface area contributed by atoms with Crippen molar-refractivity contribution in [3.05, 3.63) is 47.5 Å². The van der Waals surface area contributed by atoms with Gasteiger partial charge in [-0.2, -0.15) is 0 Å². The predicted molar refractivity (Wildman–Crippen MR) is 114 cm³/mol. The van der Waals surface area contributed by atoms with E-state index < -0.39 is 0 Å². The number of benzene rings is 2. The van der Waals surface area contributed by atoms with Crippen LogP contribution in [0.4, 0.5) is 5.95 Å². The fourth-order valence-electron chi connectivity index (χ4n) is 3.80. The number of hydrogen-bond donors (Lipinski definition) is 2. The van der Waals surface area contributed by atoms with Crippen LogP contribution in [0.2, 0.25) is 0 Å². The van der Waals surface area contributed by atoms with E-state index in [0.717, 1.165) is 34.5 Å². The zero-order valence-corrected chi connectivity index (χ0v) is 16.9. The number of anilines is 1. The highest BCUT2D eigenvalue weighted by molar-refractivity contribution is 5.95. The number of nitrogens with one attached hydrogen (secondary N) is 1. The van der Waals surface area contributed by atoms with Gasteiger partial charge in [-0.3, -0.25) is 9.88 Å². The normalized spacial score (nSPS) is 18.6. The molecule has 7 nitrogen and oxygen atoms in total. The number of nitrogens with zero attached hydrogens (tertiary/aromatic N) is 3. The third-order valence-electron chi connectivity index (χ3n) is 5.38. The van der Waals surface area contributed by atoms with Crippen LogP contribution in [0.1, 0.15) is 44.5 Å². The number of ether oxygens (including phenoxy) is 2. The SMILES string of the molecule is CC(C)(C)c1ccc(C2N=C(N)Nc3nc4cc5c(cc4n32)OCCCO5)cc1. The molecule has 1 unspecified atom stereocenters. The summed E-state index contributed by atoms with van der Waals surface area (Å²) < 4.78 is 13.8. The van der Waals surface area contributed by atoms with E-state index in [4.69, 9.17) is 20.2 Å². The second-order valence-corrected chi connectivity index (χ2v) is 8.53. The molecule has 1 aromatic heterocycles. The minimum Gasteiger partial charge on any atom is -0.489 e. The molecule has 0 bridgehead atoms. The lowest BCUT2D eigenvalue weighted by molar-refractivity contribution is 0.297. The molecular formula is C22H25N5O2. The van der Waals surface area contributed by atoms with Gasteiger partial charge in [0.15, 0.2) is 23.6 Å². The summed E-state index contributed by atoms with van der Waals surface area (Å²) in [4.78, 5) is 9.40. The van der Waals surface area contributed by atoms with Crippen LogP contribution in [0.5, 0.6) is 11.5 Å². The highest BCUT2D eigenvalue weighted by Gasteiger charge is 2.27. The van der Waals surface area contributed by atoms with Crippen LogP contribution in [0.15, 0.2) is 41.4 Å². The van der Waals surface area contributed by atoms with Gasteiger partial charge in [0.1, 0.15) is 0 Å². The zero-order chi connectivity index (χ0) is 20.2. The smallest absolute Gasteiger partial charge is 0.212 e. The number of aromatic nitrogens is 2. The molecule has 0 aliphatic carbocycles. The predicted octanol–water partition coefficient (Wildman–Crippen LogP) is 3.78. The molecule has 0 radical (unpaired) electrons. The number of rotatable bonds is 1. The van der Waals surface area contributed by atoms with Crippen LogP contribution in [0, 0.1) is 0 Å². The quantitative estimate of drug-likeness (QED) is 0.659. The molecule has 150 valence electrons. The van der Waals surface area contributed by atoms with Gasteiger partial charge in [0.25, 0.3) is 0 Å². The number of guanidine groups is 1. The summed E-state index contributed by atoms with van der Waals surface area (Å²) in [5.74, 6) is 2.48. The molecule has 0 amide bonds. The van der Waals surface area contributed by atoms with E-state index in [2.05, 4.69) is 59.9 Å². The van der Waals surface area contributed by atoms with Crippen molar-refractivity contribution in [1.82, 2.24) is 9.55 Å². The molecular weight excluding hydrogens is 366 g/mol. The third kappa shape index (κ3) is 3.06. The summed E-state index contributed by atoms with van der Waals surface area (Å²) in [5.41, 5.74) is 10.2. The Labute approximate surface area is 169 Å². The van der Waals surface area contributed by atoms with Crippen LogP contribution in [-0.2, 0) is 5.41 Å². The molecule has 0 saturated heterocycles. The molecule has 2 aliphatic rings. The average molecular weight is 391 g/mol.